The van der Waals surface area contributed by atoms with Crippen LogP contribution in [0.1, 0.15) is 0 Å². The van der Waals surface area contributed by atoms with E-state index in [1.54, 1.807) is 24.3 Å². The Balaban J connectivity index is 1.98. The van der Waals surface area contributed by atoms with Crippen molar-refractivity contribution in [3.63, 3.8) is 0 Å². The van der Waals surface area contributed by atoms with E-state index in [-0.39, 0.29) is 11.5 Å². The van der Waals surface area contributed by atoms with Gasteiger partial charge in [0.25, 0.3) is 0 Å². The van der Waals surface area contributed by atoms with Crippen molar-refractivity contribution in [3.05, 3.63) is 72.8 Å². The smallest absolute Gasteiger partial charge is 0.116 e. The molecule has 0 radical (unpaired) electrons. The topological polar surface area (TPSA) is 40.5 Å². The Labute approximate surface area is 138 Å². The van der Waals surface area contributed by atoms with Gasteiger partial charge in [0.15, 0.2) is 0 Å². The van der Waals surface area contributed by atoms with Crippen molar-refractivity contribution < 1.29 is 10.2 Å². The summed E-state index contributed by atoms with van der Waals surface area (Å²) >= 11 is 0. The maximum absolute atomic E-state index is 9.72. The zero-order chi connectivity index (χ0) is 16.3. The first-order valence-electron chi connectivity index (χ1n) is 7.90. The summed E-state index contributed by atoms with van der Waals surface area (Å²) in [5.41, 5.74) is 0. The highest BCUT2D eigenvalue weighted by atomic mass is 16.3. The van der Waals surface area contributed by atoms with Gasteiger partial charge < -0.3 is 10.2 Å². The summed E-state index contributed by atoms with van der Waals surface area (Å²) in [4.78, 5) is 0. The highest BCUT2D eigenvalue weighted by molar-refractivity contribution is 6.17. The standard InChI is InChI=1S/C22H14O2/c23-17-5-7-19-15(10-17)3-1-13-9-14-2-4-16-11-18(24)6-8-20(16)22(14)12-21(13)19/h1-12,23-24H. The quantitative estimate of drug-likeness (QED) is 0.284. The third kappa shape index (κ3) is 1.83. The van der Waals surface area contributed by atoms with E-state index in [2.05, 4.69) is 24.3 Å². The van der Waals surface area contributed by atoms with Crippen molar-refractivity contribution in [2.75, 3.05) is 0 Å². The molecule has 2 N–H and O–H groups in total. The molecular formula is C22H14O2. The van der Waals surface area contributed by atoms with E-state index in [1.165, 1.54) is 21.5 Å². The number of benzene rings is 5. The third-order valence-electron chi connectivity index (χ3n) is 4.76. The minimum Gasteiger partial charge on any atom is -0.508 e. The average molecular weight is 310 g/mol. The van der Waals surface area contributed by atoms with Crippen molar-refractivity contribution in [2.45, 2.75) is 0 Å². The van der Waals surface area contributed by atoms with E-state index in [0.717, 1.165) is 21.5 Å². The monoisotopic (exact) mass is 310 g/mol. The van der Waals surface area contributed by atoms with Crippen LogP contribution >= 0.6 is 0 Å². The second-order valence-electron chi connectivity index (χ2n) is 6.24. The summed E-state index contributed by atoms with van der Waals surface area (Å²) in [6.07, 6.45) is 0. The van der Waals surface area contributed by atoms with Gasteiger partial charge in [0.1, 0.15) is 11.5 Å². The maximum Gasteiger partial charge on any atom is 0.116 e. The van der Waals surface area contributed by atoms with Crippen LogP contribution in [-0.4, -0.2) is 10.2 Å². The number of hydrogen-bond donors (Lipinski definition) is 2. The molecule has 0 aromatic heterocycles. The summed E-state index contributed by atoms with van der Waals surface area (Å²) in [6.45, 7) is 0. The third-order valence-corrected chi connectivity index (χ3v) is 4.76. The van der Waals surface area contributed by atoms with E-state index in [4.69, 9.17) is 0 Å². The van der Waals surface area contributed by atoms with Gasteiger partial charge >= 0.3 is 0 Å². The van der Waals surface area contributed by atoms with E-state index in [9.17, 15) is 10.2 Å². The molecule has 0 saturated carbocycles. The Kier molecular flexibility index (Phi) is 2.54. The molecule has 0 atom stereocenters. The van der Waals surface area contributed by atoms with E-state index < -0.39 is 0 Å². The predicted octanol–water partition coefficient (Wildman–Crippen LogP) is 5.71. The van der Waals surface area contributed by atoms with Gasteiger partial charge in [-0.05, 0) is 79.5 Å². The van der Waals surface area contributed by atoms with Gasteiger partial charge in [-0.3, -0.25) is 0 Å². The van der Waals surface area contributed by atoms with Gasteiger partial charge in [0, 0.05) is 0 Å². The molecule has 0 bridgehead atoms. The molecule has 0 saturated heterocycles. The molecule has 0 unspecified atom stereocenters. The largest absolute Gasteiger partial charge is 0.508 e. The average Bonchev–Trinajstić information content (AvgIpc) is 2.59. The van der Waals surface area contributed by atoms with Crippen molar-refractivity contribution in [1.82, 2.24) is 0 Å². The molecule has 0 aliphatic rings. The molecule has 0 heterocycles. The number of aromatic hydroxyl groups is 2. The second-order valence-corrected chi connectivity index (χ2v) is 6.24. The van der Waals surface area contributed by atoms with E-state index in [0.29, 0.717) is 0 Å². The molecule has 5 aromatic rings. The molecule has 0 amide bonds. The van der Waals surface area contributed by atoms with Crippen LogP contribution in [0.3, 0.4) is 0 Å². The van der Waals surface area contributed by atoms with Crippen LogP contribution < -0.4 is 0 Å². The number of hydrogen-bond acceptors (Lipinski definition) is 2. The van der Waals surface area contributed by atoms with Gasteiger partial charge in [-0.15, -0.1) is 0 Å². The van der Waals surface area contributed by atoms with Crippen LogP contribution in [0.15, 0.2) is 72.8 Å². The minimum atomic E-state index is 0.281. The summed E-state index contributed by atoms with van der Waals surface area (Å²) < 4.78 is 0. The number of phenols is 2. The fraction of sp³-hybridized carbons (Fsp3) is 0. The molecule has 5 aromatic carbocycles. The lowest BCUT2D eigenvalue weighted by Crippen LogP contribution is -1.82. The summed E-state index contributed by atoms with van der Waals surface area (Å²) in [7, 11) is 0. The summed E-state index contributed by atoms with van der Waals surface area (Å²) in [6, 6.07) is 23.7. The zero-order valence-electron chi connectivity index (χ0n) is 12.8. The molecule has 114 valence electrons. The van der Waals surface area contributed by atoms with Crippen LogP contribution in [0.25, 0.3) is 43.1 Å². The van der Waals surface area contributed by atoms with E-state index in [1.807, 2.05) is 24.3 Å². The Hall–Kier alpha value is -3.26. The normalized spacial score (nSPS) is 11.7. The molecular weight excluding hydrogens is 296 g/mol. The lowest BCUT2D eigenvalue weighted by molar-refractivity contribution is 0.475. The van der Waals surface area contributed by atoms with Crippen molar-refractivity contribution in [1.29, 1.82) is 0 Å². The summed E-state index contributed by atoms with van der Waals surface area (Å²) in [5.74, 6) is 0.562. The second kappa shape index (κ2) is 4.62. The van der Waals surface area contributed by atoms with Crippen LogP contribution in [0.4, 0.5) is 0 Å². The highest BCUT2D eigenvalue weighted by Gasteiger charge is 2.07. The van der Waals surface area contributed by atoms with Crippen LogP contribution in [0.5, 0.6) is 11.5 Å². The van der Waals surface area contributed by atoms with Crippen LogP contribution in [-0.2, 0) is 0 Å². The fourth-order valence-corrected chi connectivity index (χ4v) is 3.60. The Bertz CT molecular complexity index is 1170. The first-order valence-corrected chi connectivity index (χ1v) is 7.90. The van der Waals surface area contributed by atoms with Crippen molar-refractivity contribution in [2.24, 2.45) is 0 Å². The van der Waals surface area contributed by atoms with Crippen molar-refractivity contribution >= 4 is 43.1 Å². The van der Waals surface area contributed by atoms with Crippen LogP contribution in [0, 0.1) is 0 Å². The Morgan fingerprint density at radius 1 is 0.375 bits per heavy atom. The number of fused-ring (bicyclic) bond motifs is 6. The van der Waals surface area contributed by atoms with Gasteiger partial charge in [-0.25, -0.2) is 0 Å². The first kappa shape index (κ1) is 13.2. The molecule has 5 rings (SSSR count). The molecule has 2 nitrogen and oxygen atoms in total. The molecule has 0 spiro atoms. The number of phenolic OH excluding ortho intramolecular Hbond substituents is 2. The zero-order valence-corrected chi connectivity index (χ0v) is 12.8. The first-order chi connectivity index (χ1) is 11.7. The predicted molar refractivity (Wildman–Crippen MR) is 99.8 cm³/mol. The lowest BCUT2D eigenvalue weighted by Gasteiger charge is -2.09. The summed E-state index contributed by atoms with van der Waals surface area (Å²) in [5, 5.41) is 28.4. The lowest BCUT2D eigenvalue weighted by atomic mass is 9.95. The molecule has 0 aliphatic heterocycles. The van der Waals surface area contributed by atoms with Gasteiger partial charge in [0.05, 0.1) is 0 Å². The van der Waals surface area contributed by atoms with Crippen LogP contribution in [0.2, 0.25) is 0 Å². The number of rotatable bonds is 0. The Morgan fingerprint density at radius 2 is 0.792 bits per heavy atom. The molecule has 0 fully saturated rings. The molecule has 2 heteroatoms. The molecule has 0 aliphatic carbocycles. The van der Waals surface area contributed by atoms with Gasteiger partial charge in [-0.2, -0.15) is 0 Å². The SMILES string of the molecule is Oc1ccc2c(ccc3cc4ccc5cc(O)ccc5c4cc32)c1. The van der Waals surface area contributed by atoms with E-state index >= 15 is 0 Å². The highest BCUT2D eigenvalue weighted by Crippen LogP contribution is 2.34. The van der Waals surface area contributed by atoms with Crippen molar-refractivity contribution in [3.8, 4) is 11.5 Å². The maximum atomic E-state index is 9.72. The molecule has 24 heavy (non-hydrogen) atoms. The Morgan fingerprint density at radius 3 is 1.25 bits per heavy atom. The van der Waals surface area contributed by atoms with Gasteiger partial charge in [-0.1, -0.05) is 36.4 Å². The fourth-order valence-electron chi connectivity index (χ4n) is 3.60. The van der Waals surface area contributed by atoms with Gasteiger partial charge in [0.2, 0.25) is 0 Å². The minimum absolute atomic E-state index is 0.281.